The standard InChI is InChI=1S/C13H26N4O2/c1-3-15-13(19)16-12(18)9-17(2)11-7-5-4-6-10(11)8-14/h10-11H,3-9,14H2,1-2H3,(H2,15,16,18,19). The molecule has 1 fully saturated rings. The van der Waals surface area contributed by atoms with Crippen molar-refractivity contribution in [2.24, 2.45) is 11.7 Å². The molecule has 1 aliphatic rings. The Morgan fingerprint density at radius 1 is 1.32 bits per heavy atom. The van der Waals surface area contributed by atoms with Gasteiger partial charge in [-0.15, -0.1) is 0 Å². The molecular formula is C13H26N4O2. The molecule has 19 heavy (non-hydrogen) atoms. The van der Waals surface area contributed by atoms with Crippen LogP contribution in [-0.4, -0.2) is 49.6 Å². The fourth-order valence-electron chi connectivity index (χ4n) is 2.76. The van der Waals surface area contributed by atoms with Gasteiger partial charge in [-0.1, -0.05) is 12.8 Å². The number of nitrogens with zero attached hydrogens (tertiary/aromatic N) is 1. The summed E-state index contributed by atoms with van der Waals surface area (Å²) in [7, 11) is 1.93. The molecule has 0 aromatic heterocycles. The fourth-order valence-corrected chi connectivity index (χ4v) is 2.76. The lowest BCUT2D eigenvalue weighted by Crippen LogP contribution is -2.49. The first-order valence-corrected chi connectivity index (χ1v) is 7.06. The van der Waals surface area contributed by atoms with E-state index in [-0.39, 0.29) is 12.5 Å². The summed E-state index contributed by atoms with van der Waals surface area (Å²) in [6.07, 6.45) is 4.61. The highest BCUT2D eigenvalue weighted by molar-refractivity contribution is 5.95. The molecule has 6 nitrogen and oxygen atoms in total. The van der Waals surface area contributed by atoms with Gasteiger partial charge in [0.25, 0.3) is 0 Å². The van der Waals surface area contributed by atoms with E-state index in [1.807, 2.05) is 18.9 Å². The lowest BCUT2D eigenvalue weighted by atomic mass is 9.84. The van der Waals surface area contributed by atoms with E-state index in [1.165, 1.54) is 12.8 Å². The number of nitrogens with two attached hydrogens (primary N) is 1. The van der Waals surface area contributed by atoms with Gasteiger partial charge >= 0.3 is 6.03 Å². The molecule has 0 bridgehead atoms. The highest BCUT2D eigenvalue weighted by Gasteiger charge is 2.28. The van der Waals surface area contributed by atoms with Gasteiger partial charge in [-0.05, 0) is 39.3 Å². The predicted molar refractivity (Wildman–Crippen MR) is 74.6 cm³/mol. The summed E-state index contributed by atoms with van der Waals surface area (Å²) in [5.74, 6) is 0.186. The van der Waals surface area contributed by atoms with E-state index >= 15 is 0 Å². The summed E-state index contributed by atoms with van der Waals surface area (Å²) in [5.41, 5.74) is 5.79. The van der Waals surface area contributed by atoms with E-state index in [0.29, 0.717) is 25.0 Å². The summed E-state index contributed by atoms with van der Waals surface area (Å²) < 4.78 is 0. The second-order valence-electron chi connectivity index (χ2n) is 5.17. The van der Waals surface area contributed by atoms with Gasteiger partial charge in [0.2, 0.25) is 5.91 Å². The van der Waals surface area contributed by atoms with Gasteiger partial charge in [-0.2, -0.15) is 0 Å². The molecule has 3 amide bonds. The molecular weight excluding hydrogens is 244 g/mol. The molecule has 0 saturated heterocycles. The molecule has 0 aliphatic heterocycles. The second kappa shape index (κ2) is 8.12. The highest BCUT2D eigenvalue weighted by atomic mass is 16.2. The maximum absolute atomic E-state index is 11.7. The summed E-state index contributed by atoms with van der Waals surface area (Å²) in [5, 5.41) is 4.86. The van der Waals surface area contributed by atoms with Crippen LogP contribution < -0.4 is 16.4 Å². The molecule has 1 rings (SSSR count). The zero-order chi connectivity index (χ0) is 14.3. The van der Waals surface area contributed by atoms with E-state index in [9.17, 15) is 9.59 Å². The quantitative estimate of drug-likeness (QED) is 0.669. The molecule has 0 radical (unpaired) electrons. The van der Waals surface area contributed by atoms with Gasteiger partial charge in [0.05, 0.1) is 6.54 Å². The average molecular weight is 270 g/mol. The molecule has 110 valence electrons. The molecule has 1 aliphatic carbocycles. The second-order valence-corrected chi connectivity index (χ2v) is 5.17. The Bertz CT molecular complexity index is 309. The fraction of sp³-hybridized carbons (Fsp3) is 0.846. The monoisotopic (exact) mass is 270 g/mol. The summed E-state index contributed by atoms with van der Waals surface area (Å²) in [4.78, 5) is 25.0. The number of carbonyl (C=O) groups is 2. The van der Waals surface area contributed by atoms with Crippen LogP contribution in [0.2, 0.25) is 0 Å². The number of hydrogen-bond donors (Lipinski definition) is 3. The number of imide groups is 1. The molecule has 0 spiro atoms. The Hall–Kier alpha value is -1.14. The number of amides is 3. The molecule has 2 unspecified atom stereocenters. The van der Waals surface area contributed by atoms with Crippen molar-refractivity contribution < 1.29 is 9.59 Å². The molecule has 0 aromatic carbocycles. The summed E-state index contributed by atoms with van der Waals surface area (Å²) in [6.45, 7) is 3.21. The Morgan fingerprint density at radius 3 is 2.63 bits per heavy atom. The van der Waals surface area contributed by atoms with Crippen LogP contribution in [0.15, 0.2) is 0 Å². The van der Waals surface area contributed by atoms with Crippen LogP contribution in [0.5, 0.6) is 0 Å². The van der Waals surface area contributed by atoms with Crippen LogP contribution >= 0.6 is 0 Å². The smallest absolute Gasteiger partial charge is 0.321 e. The number of likely N-dealkylation sites (N-methyl/N-ethyl adjacent to an activating group) is 1. The zero-order valence-electron chi connectivity index (χ0n) is 11.9. The molecule has 2 atom stereocenters. The lowest BCUT2D eigenvalue weighted by Gasteiger charge is -2.37. The maximum atomic E-state index is 11.7. The largest absolute Gasteiger partial charge is 0.338 e. The van der Waals surface area contributed by atoms with Gasteiger partial charge in [-0.3, -0.25) is 15.0 Å². The molecule has 0 heterocycles. The maximum Gasteiger partial charge on any atom is 0.321 e. The van der Waals surface area contributed by atoms with Crippen LogP contribution in [0.3, 0.4) is 0 Å². The first-order valence-electron chi connectivity index (χ1n) is 7.06. The Kier molecular flexibility index (Phi) is 6.80. The Morgan fingerprint density at radius 2 is 2.00 bits per heavy atom. The predicted octanol–water partition coefficient (Wildman–Crippen LogP) is 0.281. The van der Waals surface area contributed by atoms with Crippen LogP contribution in [0.4, 0.5) is 4.79 Å². The minimum Gasteiger partial charge on any atom is -0.338 e. The van der Waals surface area contributed by atoms with E-state index < -0.39 is 6.03 Å². The van der Waals surface area contributed by atoms with Crippen molar-refractivity contribution in [3.63, 3.8) is 0 Å². The minimum absolute atomic E-state index is 0.234. The van der Waals surface area contributed by atoms with Crippen molar-refractivity contribution in [3.05, 3.63) is 0 Å². The van der Waals surface area contributed by atoms with Crippen molar-refractivity contribution in [2.45, 2.75) is 38.6 Å². The SMILES string of the molecule is CCNC(=O)NC(=O)CN(C)C1CCCCC1CN. The third-order valence-corrected chi connectivity index (χ3v) is 3.72. The summed E-state index contributed by atoms with van der Waals surface area (Å²) >= 11 is 0. The molecule has 6 heteroatoms. The first-order chi connectivity index (χ1) is 9.08. The third-order valence-electron chi connectivity index (χ3n) is 3.72. The highest BCUT2D eigenvalue weighted by Crippen LogP contribution is 2.26. The summed E-state index contributed by atoms with van der Waals surface area (Å²) in [6, 6.07) is -0.0846. The van der Waals surface area contributed by atoms with E-state index in [1.54, 1.807) is 0 Å². The topological polar surface area (TPSA) is 87.5 Å². The van der Waals surface area contributed by atoms with Gasteiger partial charge in [0, 0.05) is 12.6 Å². The van der Waals surface area contributed by atoms with Crippen molar-refractivity contribution in [1.29, 1.82) is 0 Å². The number of nitrogens with one attached hydrogen (secondary N) is 2. The lowest BCUT2D eigenvalue weighted by molar-refractivity contribution is -0.121. The van der Waals surface area contributed by atoms with Crippen molar-refractivity contribution in [2.75, 3.05) is 26.7 Å². The number of urea groups is 1. The van der Waals surface area contributed by atoms with Gasteiger partial charge in [0.1, 0.15) is 0 Å². The number of hydrogen-bond acceptors (Lipinski definition) is 4. The van der Waals surface area contributed by atoms with E-state index in [2.05, 4.69) is 10.6 Å². The van der Waals surface area contributed by atoms with Crippen LogP contribution in [-0.2, 0) is 4.79 Å². The average Bonchev–Trinajstić information content (AvgIpc) is 2.38. The Balaban J connectivity index is 2.42. The Labute approximate surface area is 115 Å². The van der Waals surface area contributed by atoms with Gasteiger partial charge < -0.3 is 11.1 Å². The van der Waals surface area contributed by atoms with Crippen LogP contribution in [0.25, 0.3) is 0 Å². The van der Waals surface area contributed by atoms with E-state index in [4.69, 9.17) is 5.73 Å². The molecule has 1 saturated carbocycles. The van der Waals surface area contributed by atoms with Crippen molar-refractivity contribution in [3.8, 4) is 0 Å². The molecule has 4 N–H and O–H groups in total. The third kappa shape index (κ3) is 5.16. The number of carbonyl (C=O) groups excluding carboxylic acids is 2. The minimum atomic E-state index is -0.431. The van der Waals surface area contributed by atoms with Gasteiger partial charge in [0.15, 0.2) is 0 Å². The molecule has 0 aromatic rings. The van der Waals surface area contributed by atoms with Crippen molar-refractivity contribution in [1.82, 2.24) is 15.5 Å². The van der Waals surface area contributed by atoms with Gasteiger partial charge in [-0.25, -0.2) is 4.79 Å². The normalized spacial score (nSPS) is 23.2. The van der Waals surface area contributed by atoms with Crippen LogP contribution in [0, 0.1) is 5.92 Å². The number of rotatable bonds is 5. The van der Waals surface area contributed by atoms with Crippen molar-refractivity contribution >= 4 is 11.9 Å². The first kappa shape index (κ1) is 15.9. The zero-order valence-corrected chi connectivity index (χ0v) is 11.9. The van der Waals surface area contributed by atoms with E-state index in [0.717, 1.165) is 12.8 Å². The van der Waals surface area contributed by atoms with Crippen LogP contribution in [0.1, 0.15) is 32.6 Å².